The van der Waals surface area contributed by atoms with E-state index in [-0.39, 0.29) is 12.0 Å². The third-order valence-corrected chi connectivity index (χ3v) is 4.71. The van der Waals surface area contributed by atoms with Gasteiger partial charge in [-0.05, 0) is 44.0 Å². The first-order valence-electron chi connectivity index (χ1n) is 9.38. The van der Waals surface area contributed by atoms with Gasteiger partial charge in [-0.25, -0.2) is 0 Å². The summed E-state index contributed by atoms with van der Waals surface area (Å²) in [5, 5.41) is 6.96. The molecule has 1 aromatic heterocycles. The molecule has 1 aliphatic heterocycles. The zero-order chi connectivity index (χ0) is 19.3. The topological polar surface area (TPSA) is 73.6 Å². The number of aryl methyl sites for hydroxylation is 1. The van der Waals surface area contributed by atoms with Crippen LogP contribution in [0.2, 0.25) is 0 Å². The van der Waals surface area contributed by atoms with E-state index in [2.05, 4.69) is 10.5 Å². The van der Waals surface area contributed by atoms with Gasteiger partial charge in [0.15, 0.2) is 0 Å². The lowest BCUT2D eigenvalue weighted by molar-refractivity contribution is 0.0679. The fraction of sp³-hybridized carbons (Fsp3) is 0.273. The lowest BCUT2D eigenvalue weighted by Crippen LogP contribution is -2.16. The van der Waals surface area contributed by atoms with Gasteiger partial charge < -0.3 is 19.3 Å². The van der Waals surface area contributed by atoms with Gasteiger partial charge in [0.2, 0.25) is 0 Å². The van der Waals surface area contributed by atoms with E-state index in [0.29, 0.717) is 29.3 Å². The van der Waals surface area contributed by atoms with Crippen molar-refractivity contribution < 1.29 is 18.8 Å². The normalized spacial score (nSPS) is 16.1. The highest BCUT2D eigenvalue weighted by atomic mass is 16.5. The third-order valence-electron chi connectivity index (χ3n) is 4.71. The monoisotopic (exact) mass is 378 g/mol. The molecular weight excluding hydrogens is 356 g/mol. The van der Waals surface area contributed by atoms with Crippen molar-refractivity contribution in [2.24, 2.45) is 0 Å². The summed E-state index contributed by atoms with van der Waals surface area (Å²) < 4.78 is 16.6. The molecule has 2 heterocycles. The second kappa shape index (κ2) is 8.27. The number of carbonyl (C=O) groups is 1. The van der Waals surface area contributed by atoms with Crippen molar-refractivity contribution in [1.82, 2.24) is 5.16 Å². The predicted octanol–water partition coefficient (Wildman–Crippen LogP) is 4.46. The van der Waals surface area contributed by atoms with E-state index in [1.807, 2.05) is 54.6 Å². The number of amides is 1. The Kier molecular flexibility index (Phi) is 5.39. The van der Waals surface area contributed by atoms with Crippen LogP contribution in [0.25, 0.3) is 11.3 Å². The maximum Gasteiger partial charge on any atom is 0.261 e. The fourth-order valence-electron chi connectivity index (χ4n) is 3.23. The Balaban J connectivity index is 1.43. The molecule has 3 aromatic rings. The van der Waals surface area contributed by atoms with Crippen LogP contribution in [0.5, 0.6) is 5.75 Å². The van der Waals surface area contributed by atoms with Gasteiger partial charge >= 0.3 is 0 Å². The summed E-state index contributed by atoms with van der Waals surface area (Å²) in [6.07, 6.45) is 2.30. The molecule has 6 nitrogen and oxygen atoms in total. The number of rotatable bonds is 6. The molecule has 0 radical (unpaired) electrons. The molecule has 0 aliphatic carbocycles. The Hall–Kier alpha value is -3.12. The van der Waals surface area contributed by atoms with Gasteiger partial charge in [-0.2, -0.15) is 0 Å². The molecule has 1 aliphatic rings. The Bertz CT molecular complexity index is 929. The molecular formula is C22H22N2O4. The second-order valence-corrected chi connectivity index (χ2v) is 6.75. The predicted molar refractivity (Wildman–Crippen MR) is 106 cm³/mol. The summed E-state index contributed by atoms with van der Waals surface area (Å²) in [7, 11) is 0. The van der Waals surface area contributed by atoms with E-state index in [4.69, 9.17) is 14.0 Å². The first kappa shape index (κ1) is 18.3. The number of nitrogens with one attached hydrogen (secondary N) is 1. The van der Waals surface area contributed by atoms with E-state index in [9.17, 15) is 4.79 Å². The number of anilines is 1. The van der Waals surface area contributed by atoms with Gasteiger partial charge in [0.25, 0.3) is 5.91 Å². The van der Waals surface area contributed by atoms with Crippen LogP contribution in [0.15, 0.2) is 59.1 Å². The van der Waals surface area contributed by atoms with Gasteiger partial charge in [0, 0.05) is 17.9 Å². The van der Waals surface area contributed by atoms with Crippen molar-refractivity contribution in [1.29, 1.82) is 0 Å². The van der Waals surface area contributed by atoms with Crippen LogP contribution in [0.1, 0.15) is 29.0 Å². The lowest BCUT2D eigenvalue weighted by atomic mass is 10.1. The second-order valence-electron chi connectivity index (χ2n) is 6.75. The zero-order valence-corrected chi connectivity index (χ0v) is 15.7. The van der Waals surface area contributed by atoms with E-state index < -0.39 is 0 Å². The van der Waals surface area contributed by atoms with Crippen LogP contribution in [0.4, 0.5) is 5.69 Å². The number of nitrogens with zero attached hydrogens (tertiary/aromatic N) is 1. The van der Waals surface area contributed by atoms with Crippen LogP contribution in [0, 0.1) is 6.92 Å². The average molecular weight is 378 g/mol. The molecule has 1 unspecified atom stereocenters. The van der Waals surface area contributed by atoms with E-state index in [1.54, 1.807) is 6.92 Å². The van der Waals surface area contributed by atoms with Gasteiger partial charge in [-0.1, -0.05) is 35.5 Å². The van der Waals surface area contributed by atoms with Crippen LogP contribution >= 0.6 is 0 Å². The minimum Gasteiger partial charge on any atom is -0.491 e. The first-order valence-corrected chi connectivity index (χ1v) is 9.38. The van der Waals surface area contributed by atoms with Crippen molar-refractivity contribution in [2.45, 2.75) is 25.9 Å². The van der Waals surface area contributed by atoms with Crippen molar-refractivity contribution in [3.63, 3.8) is 0 Å². The van der Waals surface area contributed by atoms with Gasteiger partial charge in [-0.15, -0.1) is 0 Å². The highest BCUT2D eigenvalue weighted by Crippen LogP contribution is 2.26. The molecule has 28 heavy (non-hydrogen) atoms. The quantitative estimate of drug-likeness (QED) is 0.685. The minimum absolute atomic E-state index is 0.173. The standard InChI is InChI=1S/C22H22N2O4/c1-15-20(21(24-28-15)16-6-3-2-4-7-16)22(25)23-17-9-11-18(12-10-17)27-14-19-8-5-13-26-19/h2-4,6-7,9-12,19H,5,8,13-14H2,1H3,(H,23,25). The number of aromatic nitrogens is 1. The zero-order valence-electron chi connectivity index (χ0n) is 15.7. The first-order chi connectivity index (χ1) is 13.7. The number of ether oxygens (including phenoxy) is 2. The summed E-state index contributed by atoms with van der Waals surface area (Å²) in [5.41, 5.74) is 2.48. The van der Waals surface area contributed by atoms with Crippen LogP contribution < -0.4 is 10.1 Å². The lowest BCUT2D eigenvalue weighted by Gasteiger charge is -2.12. The third kappa shape index (κ3) is 4.07. The molecule has 144 valence electrons. The highest BCUT2D eigenvalue weighted by Gasteiger charge is 2.21. The summed E-state index contributed by atoms with van der Waals surface area (Å²) in [5.74, 6) is 0.970. The minimum atomic E-state index is -0.259. The maximum absolute atomic E-state index is 12.8. The summed E-state index contributed by atoms with van der Waals surface area (Å²) in [6, 6.07) is 16.8. The largest absolute Gasteiger partial charge is 0.491 e. The Morgan fingerprint density at radius 1 is 1.18 bits per heavy atom. The Labute approximate surface area is 163 Å². The van der Waals surface area contributed by atoms with Gasteiger partial charge in [-0.3, -0.25) is 4.79 Å². The molecule has 0 saturated carbocycles. The van der Waals surface area contributed by atoms with Crippen LogP contribution in [-0.4, -0.2) is 30.4 Å². The van der Waals surface area contributed by atoms with E-state index in [1.165, 1.54) is 0 Å². The van der Waals surface area contributed by atoms with Gasteiger partial charge in [0.05, 0.1) is 6.10 Å². The molecule has 1 amide bonds. The number of carbonyl (C=O) groups excluding carboxylic acids is 1. The molecule has 1 fully saturated rings. The Morgan fingerprint density at radius 2 is 1.96 bits per heavy atom. The van der Waals surface area contributed by atoms with Crippen LogP contribution in [-0.2, 0) is 4.74 Å². The number of hydrogen-bond acceptors (Lipinski definition) is 5. The van der Waals surface area contributed by atoms with E-state index >= 15 is 0 Å². The fourth-order valence-corrected chi connectivity index (χ4v) is 3.23. The summed E-state index contributed by atoms with van der Waals surface area (Å²) in [6.45, 7) is 3.09. The molecule has 4 rings (SSSR count). The number of hydrogen-bond donors (Lipinski definition) is 1. The van der Waals surface area contributed by atoms with E-state index in [0.717, 1.165) is 30.8 Å². The SMILES string of the molecule is Cc1onc(-c2ccccc2)c1C(=O)Nc1ccc(OCC2CCCO2)cc1. The summed E-state index contributed by atoms with van der Waals surface area (Å²) in [4.78, 5) is 12.8. The van der Waals surface area contributed by atoms with Crippen molar-refractivity contribution in [2.75, 3.05) is 18.5 Å². The van der Waals surface area contributed by atoms with Crippen molar-refractivity contribution >= 4 is 11.6 Å². The molecule has 1 atom stereocenters. The molecule has 2 aromatic carbocycles. The smallest absolute Gasteiger partial charge is 0.261 e. The molecule has 6 heteroatoms. The number of benzene rings is 2. The van der Waals surface area contributed by atoms with Gasteiger partial charge in [0.1, 0.15) is 29.4 Å². The maximum atomic E-state index is 12.8. The highest BCUT2D eigenvalue weighted by molar-refractivity contribution is 6.08. The average Bonchev–Trinajstić information content (AvgIpc) is 3.38. The summed E-state index contributed by atoms with van der Waals surface area (Å²) >= 11 is 0. The molecule has 0 spiro atoms. The van der Waals surface area contributed by atoms with Crippen molar-refractivity contribution in [3.8, 4) is 17.0 Å². The van der Waals surface area contributed by atoms with Crippen LogP contribution in [0.3, 0.4) is 0 Å². The molecule has 1 saturated heterocycles. The van der Waals surface area contributed by atoms with Crippen molar-refractivity contribution in [3.05, 3.63) is 65.9 Å². The molecule has 1 N–H and O–H groups in total. The molecule has 0 bridgehead atoms. The Morgan fingerprint density at radius 3 is 2.68 bits per heavy atom.